The van der Waals surface area contributed by atoms with E-state index < -0.39 is 31.4 Å². The van der Waals surface area contributed by atoms with Gasteiger partial charge in [-0.15, -0.1) is 0 Å². The molecule has 0 saturated carbocycles. The van der Waals surface area contributed by atoms with Gasteiger partial charge < -0.3 is 0 Å². The Balaban J connectivity index is 1.48. The van der Waals surface area contributed by atoms with Crippen LogP contribution in [0.1, 0.15) is 26.4 Å². The van der Waals surface area contributed by atoms with E-state index in [1.165, 1.54) is 0 Å². The third-order valence-corrected chi connectivity index (χ3v) is 7.77. The third-order valence-electron chi connectivity index (χ3n) is 7.77. The predicted molar refractivity (Wildman–Crippen MR) is 174 cm³/mol. The Labute approximate surface area is 253 Å². The van der Waals surface area contributed by atoms with Crippen molar-refractivity contribution in [2.75, 3.05) is 0 Å². The Bertz CT molecular complexity index is 2640. The van der Waals surface area contributed by atoms with Crippen molar-refractivity contribution in [3.05, 3.63) is 145 Å². The third kappa shape index (κ3) is 3.61. The highest BCUT2D eigenvalue weighted by molar-refractivity contribution is 6.23. The number of hydrogen-bond acceptors (Lipinski definition) is 1. The molecule has 8 rings (SSSR count). The van der Waals surface area contributed by atoms with Crippen molar-refractivity contribution in [2.24, 2.45) is 0 Å². The van der Waals surface area contributed by atoms with Crippen molar-refractivity contribution in [2.45, 2.75) is 13.2 Å². The molecule has 0 aliphatic rings. The molecule has 0 fully saturated rings. The van der Waals surface area contributed by atoms with E-state index in [2.05, 4.69) is 4.98 Å². The minimum atomic E-state index is -2.98. The van der Waals surface area contributed by atoms with E-state index in [-0.39, 0.29) is 23.5 Å². The van der Waals surface area contributed by atoms with Crippen LogP contribution in [-0.2, 0) is 6.37 Å². The van der Waals surface area contributed by atoms with Gasteiger partial charge in [0.2, 0.25) is 0 Å². The number of aryl methyl sites for hydroxylation is 1. The lowest BCUT2D eigenvalue weighted by Gasteiger charge is -2.20. The molecule has 8 aromatic rings. The fraction of sp³-hybridized carbons (Fsp3) is 0.0513. The first-order valence-corrected chi connectivity index (χ1v) is 13.3. The summed E-state index contributed by atoms with van der Waals surface area (Å²) in [4.78, 5) is 4.53. The Morgan fingerprint density at radius 3 is 1.90 bits per heavy atom. The van der Waals surface area contributed by atoms with Gasteiger partial charge in [0.05, 0.1) is 23.6 Å². The lowest BCUT2D eigenvalue weighted by Crippen LogP contribution is -2.01. The lowest BCUT2D eigenvalue weighted by atomic mass is 9.84. The average Bonchev–Trinajstić information content (AvgIpc) is 3.52. The summed E-state index contributed by atoms with van der Waals surface area (Å²) in [5.41, 5.74) is 3.99. The SMILES string of the molecule is [2H]c1c([2H])c([2H])c(-c2c3ccccc3c(-c3ccc(-n4c(C([2H])([2H])C([2H])([2H])[2H])nc5ccccc54)c4ccccc34)c3ccccc23)c([2H])c1[2H]. The fourth-order valence-corrected chi connectivity index (χ4v) is 6.11. The van der Waals surface area contributed by atoms with Gasteiger partial charge in [-0.3, -0.25) is 4.57 Å². The lowest BCUT2D eigenvalue weighted by molar-refractivity contribution is 0.913. The van der Waals surface area contributed by atoms with Gasteiger partial charge in [0, 0.05) is 18.6 Å². The summed E-state index contributed by atoms with van der Waals surface area (Å²) in [5.74, 6) is -0.222. The van der Waals surface area contributed by atoms with Crippen molar-refractivity contribution in [1.82, 2.24) is 9.55 Å². The largest absolute Gasteiger partial charge is 0.296 e. The molecule has 2 nitrogen and oxygen atoms in total. The van der Waals surface area contributed by atoms with Gasteiger partial charge in [-0.1, -0.05) is 128 Å². The maximum Gasteiger partial charge on any atom is 0.114 e. The van der Waals surface area contributed by atoms with Crippen LogP contribution in [0.4, 0.5) is 0 Å². The Hall–Kier alpha value is -5.21. The Kier molecular flexibility index (Phi) is 3.59. The first-order valence-electron chi connectivity index (χ1n) is 18.3. The summed E-state index contributed by atoms with van der Waals surface area (Å²) >= 11 is 0. The molecule has 1 heterocycles. The minimum absolute atomic E-state index is 0.128. The zero-order valence-electron chi connectivity index (χ0n) is 31.8. The molecule has 0 atom stereocenters. The number of benzene rings is 7. The minimum Gasteiger partial charge on any atom is -0.296 e. The van der Waals surface area contributed by atoms with Crippen molar-refractivity contribution in [3.8, 4) is 27.9 Å². The van der Waals surface area contributed by atoms with E-state index in [4.69, 9.17) is 13.7 Å². The highest BCUT2D eigenvalue weighted by Gasteiger charge is 2.20. The number of hydrogen-bond donors (Lipinski definition) is 0. The molecule has 7 aromatic carbocycles. The van der Waals surface area contributed by atoms with Crippen LogP contribution in [0.3, 0.4) is 0 Å². The summed E-state index contributed by atoms with van der Waals surface area (Å²) in [6, 6.07) is 32.1. The van der Waals surface area contributed by atoms with Crippen molar-refractivity contribution >= 4 is 43.4 Å². The van der Waals surface area contributed by atoms with Gasteiger partial charge >= 0.3 is 0 Å². The monoisotopic (exact) mass is 534 g/mol. The van der Waals surface area contributed by atoms with Gasteiger partial charge in [-0.05, 0) is 67.4 Å². The molecule has 0 unspecified atom stereocenters. The molecule has 194 valence electrons. The summed E-state index contributed by atoms with van der Waals surface area (Å²) in [6.07, 6.45) is -2.77. The van der Waals surface area contributed by atoms with Crippen LogP contribution in [0.5, 0.6) is 0 Å². The van der Waals surface area contributed by atoms with Crippen LogP contribution in [-0.4, -0.2) is 9.55 Å². The van der Waals surface area contributed by atoms with E-state index in [0.717, 1.165) is 32.7 Å². The van der Waals surface area contributed by atoms with Gasteiger partial charge in [-0.2, -0.15) is 0 Å². The van der Waals surface area contributed by atoms with E-state index >= 15 is 0 Å². The zero-order valence-corrected chi connectivity index (χ0v) is 21.8. The maximum absolute atomic E-state index is 8.86. The molecule has 0 spiro atoms. The first kappa shape index (κ1) is 15.5. The molecule has 2 heteroatoms. The molecule has 1 aromatic heterocycles. The molecular weight excluding hydrogens is 496 g/mol. The molecule has 0 aliphatic carbocycles. The fourth-order valence-electron chi connectivity index (χ4n) is 6.11. The van der Waals surface area contributed by atoms with E-state index in [0.29, 0.717) is 33.1 Å². The molecule has 0 N–H and O–H groups in total. The first-order chi connectivity index (χ1) is 24.3. The van der Waals surface area contributed by atoms with Crippen LogP contribution in [0.2, 0.25) is 0 Å². The van der Waals surface area contributed by atoms with Gasteiger partial charge in [0.15, 0.2) is 0 Å². The van der Waals surface area contributed by atoms with Crippen LogP contribution in [0.15, 0.2) is 139 Å². The van der Waals surface area contributed by atoms with Gasteiger partial charge in [0.25, 0.3) is 0 Å². The smallest absolute Gasteiger partial charge is 0.114 e. The van der Waals surface area contributed by atoms with Crippen molar-refractivity contribution in [3.63, 3.8) is 0 Å². The molecular formula is C39H28N2. The van der Waals surface area contributed by atoms with Crippen LogP contribution in [0.25, 0.3) is 71.3 Å². The number of para-hydroxylation sites is 2. The Morgan fingerprint density at radius 1 is 0.634 bits per heavy atom. The molecule has 0 radical (unpaired) electrons. The number of aromatic nitrogens is 2. The zero-order chi connectivity index (χ0) is 36.0. The number of nitrogens with zero attached hydrogens (tertiary/aromatic N) is 2. The molecule has 0 bridgehead atoms. The predicted octanol–water partition coefficient (Wildman–Crippen LogP) is 10.4. The number of fused-ring (bicyclic) bond motifs is 4. The maximum atomic E-state index is 8.86. The standard InChI is InChI=1S/C39H28N2/c1-2-37-40-34-22-12-13-23-36(34)41(37)35-25-24-33(27-16-6-7-17-28(27)35)39-31-20-10-8-18-29(31)38(26-14-4-3-5-15-26)30-19-9-11-21-32(30)39/h3-25H,2H2,1H3/i1D3,2D2,3D,4D,5D,14D,15D. The summed E-state index contributed by atoms with van der Waals surface area (Å²) < 4.78 is 86.0. The number of imidazole rings is 1. The molecule has 0 saturated heterocycles. The summed E-state index contributed by atoms with van der Waals surface area (Å²) in [6.45, 7) is -2.98. The van der Waals surface area contributed by atoms with Crippen molar-refractivity contribution < 1.29 is 13.7 Å². The molecule has 0 aliphatic heterocycles. The van der Waals surface area contributed by atoms with Crippen LogP contribution < -0.4 is 0 Å². The molecule has 0 amide bonds. The van der Waals surface area contributed by atoms with Crippen molar-refractivity contribution in [1.29, 1.82) is 0 Å². The highest BCUT2D eigenvalue weighted by atomic mass is 15.1. The Morgan fingerprint density at radius 2 is 1.22 bits per heavy atom. The van der Waals surface area contributed by atoms with Gasteiger partial charge in [-0.25, -0.2) is 4.98 Å². The second-order valence-electron chi connectivity index (χ2n) is 9.90. The van der Waals surface area contributed by atoms with Crippen LogP contribution >= 0.6 is 0 Å². The van der Waals surface area contributed by atoms with E-state index in [9.17, 15) is 0 Å². The summed E-state index contributed by atoms with van der Waals surface area (Å²) in [7, 11) is 0. The second-order valence-corrected chi connectivity index (χ2v) is 9.90. The van der Waals surface area contributed by atoms with E-state index in [1.54, 1.807) is 28.8 Å². The second kappa shape index (κ2) is 9.46. The summed E-state index contributed by atoms with van der Waals surface area (Å²) in [5, 5.41) is 4.60. The average molecular weight is 535 g/mol. The highest BCUT2D eigenvalue weighted by Crippen LogP contribution is 2.46. The quantitative estimate of drug-likeness (QED) is 0.205. The van der Waals surface area contributed by atoms with E-state index in [1.807, 2.05) is 84.9 Å². The molecule has 41 heavy (non-hydrogen) atoms. The van der Waals surface area contributed by atoms with Gasteiger partial charge in [0.1, 0.15) is 5.82 Å². The number of rotatable bonds is 4. The topological polar surface area (TPSA) is 17.8 Å². The van der Waals surface area contributed by atoms with Crippen LogP contribution in [0, 0.1) is 0 Å². The normalized spacial score (nSPS) is 15.8.